The van der Waals surface area contributed by atoms with Crippen molar-refractivity contribution in [3.63, 3.8) is 0 Å². The van der Waals surface area contributed by atoms with Crippen molar-refractivity contribution in [2.75, 3.05) is 30.9 Å². The summed E-state index contributed by atoms with van der Waals surface area (Å²) in [6.45, 7) is 1.81. The minimum atomic E-state index is -1.49. The number of piperazine rings is 1. The van der Waals surface area contributed by atoms with Crippen molar-refractivity contribution in [1.82, 2.24) is 9.80 Å². The van der Waals surface area contributed by atoms with Crippen molar-refractivity contribution in [3.8, 4) is 0 Å². The van der Waals surface area contributed by atoms with Gasteiger partial charge in [0.1, 0.15) is 5.82 Å². The molecule has 3 rings (SSSR count). The predicted octanol–water partition coefficient (Wildman–Crippen LogP) is 3.46. The van der Waals surface area contributed by atoms with Crippen molar-refractivity contribution in [2.45, 2.75) is 6.54 Å². The van der Waals surface area contributed by atoms with Crippen LogP contribution in [0.3, 0.4) is 0 Å². The Morgan fingerprint density at radius 3 is 2.15 bits per heavy atom. The lowest BCUT2D eigenvalue weighted by Crippen LogP contribution is -2.48. The molecule has 0 bridgehead atoms. The van der Waals surface area contributed by atoms with Crippen molar-refractivity contribution in [3.05, 3.63) is 64.7 Å². The maximum Gasteiger partial charge on any atom is 0.256 e. The van der Waals surface area contributed by atoms with Crippen molar-refractivity contribution in [2.24, 2.45) is 0 Å². The van der Waals surface area contributed by atoms with E-state index in [-0.39, 0.29) is 12.1 Å². The summed E-state index contributed by atoms with van der Waals surface area (Å²) in [7, 11) is 0. The van der Waals surface area contributed by atoms with Crippen LogP contribution in [-0.2, 0) is 6.54 Å². The molecule has 1 amide bonds. The Labute approximate surface area is 159 Å². The fraction of sp³-hybridized carbons (Fsp3) is 0.278. The van der Waals surface area contributed by atoms with Gasteiger partial charge >= 0.3 is 0 Å². The van der Waals surface area contributed by atoms with E-state index in [4.69, 9.17) is 0 Å². The maximum atomic E-state index is 14.1. The van der Waals surface area contributed by atoms with Crippen LogP contribution >= 0.6 is 12.8 Å². The highest BCUT2D eigenvalue weighted by molar-refractivity contribution is 7.81. The lowest BCUT2D eigenvalue weighted by atomic mass is 10.1. The van der Waals surface area contributed by atoms with Gasteiger partial charge in [0.05, 0.1) is 5.56 Å². The van der Waals surface area contributed by atoms with E-state index in [2.05, 4.69) is 17.5 Å². The van der Waals surface area contributed by atoms with Gasteiger partial charge in [0.15, 0.2) is 17.5 Å². The highest BCUT2D eigenvalue weighted by atomic mass is 32.1. The molecule has 2 aromatic carbocycles. The number of carbonyl (C=O) groups excluding carboxylic acids is 1. The van der Waals surface area contributed by atoms with Gasteiger partial charge in [-0.3, -0.25) is 9.69 Å². The number of benzene rings is 2. The lowest BCUT2D eigenvalue weighted by Gasteiger charge is -2.34. The Bertz CT molecular complexity index is 833. The van der Waals surface area contributed by atoms with Gasteiger partial charge in [-0.05, 0) is 35.9 Å². The van der Waals surface area contributed by atoms with E-state index in [1.54, 1.807) is 6.07 Å². The molecule has 1 saturated heterocycles. The fourth-order valence-corrected chi connectivity index (χ4v) is 3.13. The van der Waals surface area contributed by atoms with Crippen molar-refractivity contribution < 1.29 is 22.4 Å². The molecular formula is C18H17F4N3OS. The first-order valence-electron chi connectivity index (χ1n) is 8.23. The molecule has 1 aliphatic heterocycles. The molecule has 1 aliphatic rings. The number of anilines is 1. The molecule has 0 atom stereocenters. The van der Waals surface area contributed by atoms with Crippen LogP contribution in [0.4, 0.5) is 23.2 Å². The number of halogens is 4. The minimum absolute atomic E-state index is 0.0292. The summed E-state index contributed by atoms with van der Waals surface area (Å²) in [6.07, 6.45) is 0. The van der Waals surface area contributed by atoms with Crippen LogP contribution in [0.15, 0.2) is 30.3 Å². The minimum Gasteiger partial charge on any atom is -0.336 e. The second kappa shape index (κ2) is 8.18. The first-order valence-corrected chi connectivity index (χ1v) is 8.68. The highest BCUT2D eigenvalue weighted by Gasteiger charge is 2.24. The first kappa shape index (κ1) is 19.5. The van der Waals surface area contributed by atoms with Gasteiger partial charge in [-0.25, -0.2) is 17.6 Å². The third-order valence-corrected chi connectivity index (χ3v) is 4.70. The summed E-state index contributed by atoms with van der Waals surface area (Å²) in [5, 5.41) is 0. The molecule has 1 fully saturated rings. The third kappa shape index (κ3) is 4.36. The summed E-state index contributed by atoms with van der Waals surface area (Å²) >= 11 is 3.83. The van der Waals surface area contributed by atoms with Crippen LogP contribution in [0, 0.1) is 23.3 Å². The average Bonchev–Trinajstić information content (AvgIpc) is 2.66. The van der Waals surface area contributed by atoms with E-state index >= 15 is 0 Å². The Morgan fingerprint density at radius 1 is 0.963 bits per heavy atom. The zero-order chi connectivity index (χ0) is 19.6. The molecule has 0 aliphatic carbocycles. The van der Waals surface area contributed by atoms with Gasteiger partial charge in [0, 0.05) is 38.4 Å². The summed E-state index contributed by atoms with van der Waals surface area (Å²) in [5.41, 5.74) is 0.724. The lowest BCUT2D eigenvalue weighted by molar-refractivity contribution is 0.0624. The molecule has 144 valence electrons. The summed E-state index contributed by atoms with van der Waals surface area (Å²) in [5.74, 6) is -5.01. The van der Waals surface area contributed by atoms with E-state index in [1.165, 1.54) is 17.0 Å². The molecule has 0 radical (unpaired) electrons. The topological polar surface area (TPSA) is 35.6 Å². The van der Waals surface area contributed by atoms with Gasteiger partial charge in [-0.15, -0.1) is 0 Å². The first-order chi connectivity index (χ1) is 12.9. The van der Waals surface area contributed by atoms with Crippen LogP contribution in [0.1, 0.15) is 15.9 Å². The highest BCUT2D eigenvalue weighted by Crippen LogP contribution is 2.19. The van der Waals surface area contributed by atoms with Gasteiger partial charge in [0.2, 0.25) is 0 Å². The van der Waals surface area contributed by atoms with Crippen molar-refractivity contribution in [1.29, 1.82) is 0 Å². The number of nitrogens with zero attached hydrogens (tertiary/aromatic N) is 2. The summed E-state index contributed by atoms with van der Waals surface area (Å²) in [4.78, 5) is 15.9. The standard InChI is InChI=1S/C18H17F4N3OS/c19-14-9-12(23-27)1-2-13(14)18(26)25-5-3-24(4-6-25)10-11-7-15(20)17(22)16(21)8-11/h1-2,7-9,23,27H,3-6,10H2. The van der Waals surface area contributed by atoms with E-state index in [0.29, 0.717) is 37.4 Å². The van der Waals surface area contributed by atoms with Crippen LogP contribution in [0.2, 0.25) is 0 Å². The van der Waals surface area contributed by atoms with E-state index in [0.717, 1.165) is 12.1 Å². The average molecular weight is 399 g/mol. The number of amides is 1. The molecular weight excluding hydrogens is 382 g/mol. The molecule has 4 nitrogen and oxygen atoms in total. The van der Waals surface area contributed by atoms with Gasteiger partial charge in [-0.1, -0.05) is 12.8 Å². The van der Waals surface area contributed by atoms with Gasteiger partial charge < -0.3 is 9.62 Å². The second-order valence-electron chi connectivity index (χ2n) is 6.25. The summed E-state index contributed by atoms with van der Waals surface area (Å²) < 4.78 is 56.2. The maximum absolute atomic E-state index is 14.1. The molecule has 2 aromatic rings. The molecule has 0 aromatic heterocycles. The number of hydrogen-bond acceptors (Lipinski definition) is 4. The molecule has 9 heteroatoms. The Morgan fingerprint density at radius 2 is 1.59 bits per heavy atom. The Kier molecular flexibility index (Phi) is 5.91. The van der Waals surface area contributed by atoms with Crippen LogP contribution in [0.5, 0.6) is 0 Å². The zero-order valence-electron chi connectivity index (χ0n) is 14.2. The molecule has 0 unspecified atom stereocenters. The number of hydrogen-bond donors (Lipinski definition) is 2. The number of carbonyl (C=O) groups is 1. The quantitative estimate of drug-likeness (QED) is 0.470. The predicted molar refractivity (Wildman–Crippen MR) is 96.5 cm³/mol. The Balaban J connectivity index is 1.61. The van der Waals surface area contributed by atoms with Crippen LogP contribution in [0.25, 0.3) is 0 Å². The van der Waals surface area contributed by atoms with Crippen LogP contribution < -0.4 is 4.72 Å². The molecule has 1 N–H and O–H groups in total. The SMILES string of the molecule is O=C(c1ccc(NS)cc1F)N1CCN(Cc2cc(F)c(F)c(F)c2)CC1. The smallest absolute Gasteiger partial charge is 0.256 e. The number of thiol groups is 1. The van der Waals surface area contributed by atoms with E-state index in [1.807, 2.05) is 4.90 Å². The van der Waals surface area contributed by atoms with Gasteiger partial charge in [-0.2, -0.15) is 0 Å². The normalized spacial score (nSPS) is 15.1. The van der Waals surface area contributed by atoms with Crippen molar-refractivity contribution >= 4 is 24.4 Å². The molecule has 0 saturated carbocycles. The monoisotopic (exact) mass is 399 g/mol. The third-order valence-electron chi connectivity index (χ3n) is 4.44. The Hall–Kier alpha value is -2.26. The number of rotatable bonds is 4. The molecule has 1 heterocycles. The second-order valence-corrected chi connectivity index (χ2v) is 6.47. The largest absolute Gasteiger partial charge is 0.336 e. The molecule has 0 spiro atoms. The van der Waals surface area contributed by atoms with E-state index < -0.39 is 29.2 Å². The van der Waals surface area contributed by atoms with E-state index in [9.17, 15) is 22.4 Å². The number of nitrogens with one attached hydrogen (secondary N) is 1. The molecule has 27 heavy (non-hydrogen) atoms. The summed E-state index contributed by atoms with van der Waals surface area (Å²) in [6, 6.07) is 6.06. The zero-order valence-corrected chi connectivity index (χ0v) is 15.1. The fourth-order valence-electron chi connectivity index (χ4n) is 3.00. The van der Waals surface area contributed by atoms with Gasteiger partial charge in [0.25, 0.3) is 5.91 Å². The van der Waals surface area contributed by atoms with Crippen LogP contribution in [-0.4, -0.2) is 41.9 Å².